The Morgan fingerprint density at radius 3 is 2.67 bits per heavy atom. The zero-order valence-electron chi connectivity index (χ0n) is 15.2. The van der Waals surface area contributed by atoms with Crippen molar-refractivity contribution in [2.24, 2.45) is 11.3 Å². The zero-order valence-corrected chi connectivity index (χ0v) is 15.2. The summed E-state index contributed by atoms with van der Waals surface area (Å²) in [6, 6.07) is 20.5. The Hall–Kier alpha value is -2.72. The highest BCUT2D eigenvalue weighted by atomic mass is 16.2. The lowest BCUT2D eigenvalue weighted by Gasteiger charge is -2.23. The second kappa shape index (κ2) is 6.46. The van der Waals surface area contributed by atoms with E-state index in [1.54, 1.807) is 0 Å². The quantitative estimate of drug-likeness (QED) is 0.737. The molecule has 2 aliphatic rings. The molecular weight excluding hydrogens is 334 g/mol. The fourth-order valence-electron chi connectivity index (χ4n) is 4.42. The molecule has 4 nitrogen and oxygen atoms in total. The number of carbonyl (C=O) groups excluding carboxylic acids is 1. The first-order valence-corrected chi connectivity index (χ1v) is 9.71. The fraction of sp³-hybridized carbons (Fsp3) is 0.304. The van der Waals surface area contributed by atoms with Gasteiger partial charge < -0.3 is 10.6 Å². The van der Waals surface area contributed by atoms with Gasteiger partial charge in [0.05, 0.1) is 5.69 Å². The minimum Gasteiger partial charge on any atom is -0.317 e. The summed E-state index contributed by atoms with van der Waals surface area (Å²) in [6.45, 7) is 2.05. The van der Waals surface area contributed by atoms with Crippen molar-refractivity contribution in [1.82, 2.24) is 10.3 Å². The van der Waals surface area contributed by atoms with Gasteiger partial charge in [-0.2, -0.15) is 0 Å². The smallest absolute Gasteiger partial charge is 0.229 e. The van der Waals surface area contributed by atoms with Crippen molar-refractivity contribution in [3.8, 4) is 11.3 Å². The Balaban J connectivity index is 1.35. The van der Waals surface area contributed by atoms with Crippen molar-refractivity contribution in [1.29, 1.82) is 0 Å². The summed E-state index contributed by atoms with van der Waals surface area (Å²) in [6.07, 6.45) is 3.23. The Bertz CT molecular complexity index is 1010. The van der Waals surface area contributed by atoms with Gasteiger partial charge in [0.25, 0.3) is 0 Å². The van der Waals surface area contributed by atoms with Crippen LogP contribution in [0.2, 0.25) is 0 Å². The molecule has 1 aromatic heterocycles. The van der Waals surface area contributed by atoms with Gasteiger partial charge in [-0.1, -0.05) is 42.5 Å². The molecule has 136 valence electrons. The van der Waals surface area contributed by atoms with Crippen molar-refractivity contribution in [2.75, 3.05) is 18.4 Å². The van der Waals surface area contributed by atoms with Crippen LogP contribution in [0.3, 0.4) is 0 Å². The molecule has 2 fully saturated rings. The van der Waals surface area contributed by atoms with Crippen LogP contribution >= 0.6 is 0 Å². The van der Waals surface area contributed by atoms with Crippen LogP contribution in [-0.4, -0.2) is 24.0 Å². The van der Waals surface area contributed by atoms with Gasteiger partial charge in [-0.25, -0.2) is 4.98 Å². The molecule has 1 aliphatic heterocycles. The number of nitrogens with one attached hydrogen (secondary N) is 2. The summed E-state index contributed by atoms with van der Waals surface area (Å²) in [5.74, 6) is 0.910. The molecule has 3 aromatic rings. The van der Waals surface area contributed by atoms with Crippen molar-refractivity contribution in [3.63, 3.8) is 0 Å². The summed E-state index contributed by atoms with van der Waals surface area (Å²) in [4.78, 5) is 17.4. The lowest BCUT2D eigenvalue weighted by atomic mass is 9.92. The third kappa shape index (κ3) is 3.10. The molecule has 1 atom stereocenters. The van der Waals surface area contributed by atoms with Gasteiger partial charge >= 0.3 is 0 Å². The average Bonchev–Trinajstić information content (AvgIpc) is 3.41. The van der Waals surface area contributed by atoms with E-state index in [0.717, 1.165) is 43.6 Å². The number of rotatable bonds is 3. The number of nitrogens with zero attached hydrogens (tertiary/aromatic N) is 1. The molecule has 2 heterocycles. The van der Waals surface area contributed by atoms with E-state index in [0.29, 0.717) is 5.82 Å². The monoisotopic (exact) mass is 357 g/mol. The third-order valence-electron chi connectivity index (χ3n) is 6.15. The molecule has 1 saturated carbocycles. The number of amides is 1. The largest absolute Gasteiger partial charge is 0.317 e. The van der Waals surface area contributed by atoms with Gasteiger partial charge in [0.15, 0.2) is 0 Å². The molecule has 5 rings (SSSR count). The molecule has 0 radical (unpaired) electrons. The van der Waals surface area contributed by atoms with Crippen LogP contribution in [0, 0.1) is 11.3 Å². The van der Waals surface area contributed by atoms with Gasteiger partial charge in [0.1, 0.15) is 5.82 Å². The van der Waals surface area contributed by atoms with E-state index in [1.807, 2.05) is 30.3 Å². The second-order valence-corrected chi connectivity index (χ2v) is 7.83. The number of hydrogen-bond acceptors (Lipinski definition) is 3. The van der Waals surface area contributed by atoms with Crippen LogP contribution in [0.25, 0.3) is 22.0 Å². The lowest BCUT2D eigenvalue weighted by Crippen LogP contribution is -2.31. The molecule has 0 bridgehead atoms. The number of anilines is 1. The van der Waals surface area contributed by atoms with Crippen molar-refractivity contribution in [3.05, 3.63) is 60.7 Å². The maximum atomic E-state index is 12.7. The van der Waals surface area contributed by atoms with Gasteiger partial charge in [0, 0.05) is 11.5 Å². The van der Waals surface area contributed by atoms with Crippen LogP contribution < -0.4 is 10.6 Å². The van der Waals surface area contributed by atoms with Crippen LogP contribution in [0.1, 0.15) is 19.3 Å². The molecule has 27 heavy (non-hydrogen) atoms. The Morgan fingerprint density at radius 1 is 1.00 bits per heavy atom. The lowest BCUT2D eigenvalue weighted by molar-refractivity contribution is -0.118. The molecule has 1 amide bonds. The van der Waals surface area contributed by atoms with E-state index in [4.69, 9.17) is 0 Å². The van der Waals surface area contributed by atoms with Crippen LogP contribution in [-0.2, 0) is 4.79 Å². The molecule has 2 N–H and O–H groups in total. The third-order valence-corrected chi connectivity index (χ3v) is 6.15. The summed E-state index contributed by atoms with van der Waals surface area (Å²) >= 11 is 0. The summed E-state index contributed by atoms with van der Waals surface area (Å²) in [7, 11) is 0. The molecule has 4 heteroatoms. The van der Waals surface area contributed by atoms with Crippen molar-refractivity contribution < 1.29 is 4.79 Å². The summed E-state index contributed by atoms with van der Waals surface area (Å²) in [5, 5.41) is 8.84. The normalized spacial score (nSPS) is 20.5. The first kappa shape index (κ1) is 16.5. The first-order valence-electron chi connectivity index (χ1n) is 9.71. The van der Waals surface area contributed by atoms with E-state index in [2.05, 4.69) is 45.9 Å². The Morgan fingerprint density at radius 2 is 1.81 bits per heavy atom. The summed E-state index contributed by atoms with van der Waals surface area (Å²) < 4.78 is 0. The summed E-state index contributed by atoms with van der Waals surface area (Å²) in [5.41, 5.74) is 2.18. The van der Waals surface area contributed by atoms with E-state index < -0.39 is 0 Å². The minimum absolute atomic E-state index is 0.125. The molecule has 1 spiro atoms. The maximum absolute atomic E-state index is 12.7. The molecular formula is C23H23N3O. The Kier molecular flexibility index (Phi) is 3.94. The van der Waals surface area contributed by atoms with Crippen LogP contribution in [0.5, 0.6) is 0 Å². The van der Waals surface area contributed by atoms with Crippen LogP contribution in [0.15, 0.2) is 60.7 Å². The highest BCUT2D eigenvalue weighted by Crippen LogP contribution is 2.58. The van der Waals surface area contributed by atoms with Gasteiger partial charge in [-0.15, -0.1) is 0 Å². The number of pyridine rings is 1. The second-order valence-electron chi connectivity index (χ2n) is 7.83. The molecule has 2 aromatic carbocycles. The first-order chi connectivity index (χ1) is 13.2. The average molecular weight is 357 g/mol. The van der Waals surface area contributed by atoms with Crippen molar-refractivity contribution >= 4 is 22.5 Å². The van der Waals surface area contributed by atoms with E-state index in [9.17, 15) is 4.79 Å². The molecule has 1 aliphatic carbocycles. The number of fused-ring (bicyclic) bond motifs is 1. The van der Waals surface area contributed by atoms with E-state index in [1.165, 1.54) is 10.8 Å². The van der Waals surface area contributed by atoms with Gasteiger partial charge in [0.2, 0.25) is 5.91 Å². The fourth-order valence-corrected chi connectivity index (χ4v) is 4.42. The number of aromatic nitrogens is 1. The highest BCUT2D eigenvalue weighted by molar-refractivity contribution is 5.94. The molecule has 1 saturated heterocycles. The predicted octanol–water partition coefficient (Wildman–Crippen LogP) is 4.23. The van der Waals surface area contributed by atoms with Crippen molar-refractivity contribution in [2.45, 2.75) is 19.3 Å². The van der Waals surface area contributed by atoms with Crippen LogP contribution in [0.4, 0.5) is 5.82 Å². The number of piperidine rings is 1. The van der Waals surface area contributed by atoms with E-state index >= 15 is 0 Å². The predicted molar refractivity (Wildman–Crippen MR) is 108 cm³/mol. The standard InChI is InChI=1S/C23H23N3O/c27-22(19-15-23(19)10-12-24-13-11-23)26-21-7-3-6-20(25-21)18-9-8-16-4-1-2-5-17(16)14-18/h1-9,14,19,24H,10-13,15H2,(H,25,26,27). The van der Waals surface area contributed by atoms with E-state index in [-0.39, 0.29) is 17.2 Å². The topological polar surface area (TPSA) is 54.0 Å². The zero-order chi connectivity index (χ0) is 18.3. The van der Waals surface area contributed by atoms with Gasteiger partial charge in [-0.05, 0) is 66.7 Å². The SMILES string of the molecule is O=C(Nc1cccc(-c2ccc3ccccc3c2)n1)C1CC12CCNCC2. The number of benzene rings is 2. The minimum atomic E-state index is 0.125. The highest BCUT2D eigenvalue weighted by Gasteiger charge is 2.57. The Labute approximate surface area is 159 Å². The number of carbonyl (C=O) groups is 1. The van der Waals surface area contributed by atoms with Gasteiger partial charge in [-0.3, -0.25) is 4.79 Å². The maximum Gasteiger partial charge on any atom is 0.229 e. The molecule has 1 unspecified atom stereocenters. The number of hydrogen-bond donors (Lipinski definition) is 2.